The fourth-order valence-corrected chi connectivity index (χ4v) is 2.88. The van der Waals surface area contributed by atoms with E-state index in [0.29, 0.717) is 15.0 Å². The van der Waals surface area contributed by atoms with Gasteiger partial charge in [0.1, 0.15) is 0 Å². The summed E-state index contributed by atoms with van der Waals surface area (Å²) in [6, 6.07) is 6.05. The van der Waals surface area contributed by atoms with Crippen LogP contribution in [0.4, 0.5) is 5.69 Å². The van der Waals surface area contributed by atoms with Gasteiger partial charge < -0.3 is 0 Å². The van der Waals surface area contributed by atoms with E-state index < -0.39 is 0 Å². The van der Waals surface area contributed by atoms with Crippen molar-refractivity contribution in [2.24, 2.45) is 0 Å². The zero-order valence-electron chi connectivity index (χ0n) is 5.23. The monoisotopic (exact) mass is 219 g/mol. The number of rotatable bonds is 0. The van der Waals surface area contributed by atoms with Crippen molar-refractivity contribution in [3.8, 4) is 0 Å². The Morgan fingerprint density at radius 1 is 1.50 bits per heavy atom. The molecular weight excluding hydrogens is 212 g/mol. The van der Waals surface area contributed by atoms with E-state index in [4.69, 9.17) is 11.6 Å². The van der Waals surface area contributed by atoms with Crippen LogP contribution in [0, 0.1) is 0 Å². The molecule has 0 unspecified atom stereocenters. The van der Waals surface area contributed by atoms with Crippen molar-refractivity contribution in [1.29, 1.82) is 0 Å². The third kappa shape index (κ3) is 1.03. The molecule has 3 heteroatoms. The van der Waals surface area contributed by atoms with Crippen LogP contribution in [0.25, 0.3) is 0 Å². The standard InChI is InChI=1S/C7H6ClNSe/c8-5-1-2-7-6(3-5)9-4-10-7/h1-3,9H,4H2. The summed E-state index contributed by atoms with van der Waals surface area (Å²) in [6.45, 7) is 0. The molecule has 0 atom stereocenters. The minimum absolute atomic E-state index is 0.625. The van der Waals surface area contributed by atoms with E-state index in [1.54, 1.807) is 0 Å². The zero-order chi connectivity index (χ0) is 6.97. The maximum atomic E-state index is 5.79. The molecule has 1 nitrogen and oxygen atoms in total. The van der Waals surface area contributed by atoms with Gasteiger partial charge in [0.05, 0.1) is 0 Å². The molecule has 2 rings (SSSR count). The van der Waals surface area contributed by atoms with Crippen LogP contribution in [0.5, 0.6) is 0 Å². The van der Waals surface area contributed by atoms with Crippen LogP contribution in [0.15, 0.2) is 18.2 Å². The molecular formula is C7H6ClNSe. The van der Waals surface area contributed by atoms with Crippen molar-refractivity contribution in [3.05, 3.63) is 23.2 Å². The molecule has 0 amide bonds. The molecule has 0 saturated heterocycles. The molecule has 52 valence electrons. The van der Waals surface area contributed by atoms with Crippen molar-refractivity contribution in [2.75, 3.05) is 10.8 Å². The first-order valence-electron chi connectivity index (χ1n) is 3.02. The van der Waals surface area contributed by atoms with Gasteiger partial charge in [-0.1, -0.05) is 0 Å². The van der Waals surface area contributed by atoms with Crippen LogP contribution in [0.1, 0.15) is 0 Å². The van der Waals surface area contributed by atoms with Gasteiger partial charge in [-0.3, -0.25) is 0 Å². The van der Waals surface area contributed by atoms with Crippen LogP contribution >= 0.6 is 11.6 Å². The Kier molecular flexibility index (Phi) is 1.61. The number of fused-ring (bicyclic) bond motifs is 1. The van der Waals surface area contributed by atoms with E-state index in [2.05, 4.69) is 11.4 Å². The molecule has 0 bridgehead atoms. The average Bonchev–Trinajstić information content (AvgIpc) is 2.33. The maximum absolute atomic E-state index is 5.79. The molecule has 1 aliphatic rings. The Labute approximate surface area is 70.9 Å². The van der Waals surface area contributed by atoms with Gasteiger partial charge in [0.2, 0.25) is 0 Å². The Hall–Kier alpha value is -0.171. The summed E-state index contributed by atoms with van der Waals surface area (Å²) in [4.78, 5) is 0. The molecule has 1 heterocycles. The van der Waals surface area contributed by atoms with Gasteiger partial charge in [-0.05, 0) is 0 Å². The van der Waals surface area contributed by atoms with E-state index in [9.17, 15) is 0 Å². The van der Waals surface area contributed by atoms with Crippen molar-refractivity contribution < 1.29 is 0 Å². The summed E-state index contributed by atoms with van der Waals surface area (Å²) in [6.07, 6.45) is 0. The molecule has 0 saturated carbocycles. The Morgan fingerprint density at radius 2 is 2.40 bits per heavy atom. The Bertz CT molecular complexity index is 262. The predicted molar refractivity (Wildman–Crippen MR) is 45.3 cm³/mol. The molecule has 0 aromatic heterocycles. The zero-order valence-corrected chi connectivity index (χ0v) is 7.69. The molecule has 0 aliphatic carbocycles. The number of anilines is 1. The molecule has 1 N–H and O–H groups in total. The topological polar surface area (TPSA) is 12.0 Å². The van der Waals surface area contributed by atoms with E-state index in [1.165, 1.54) is 10.1 Å². The molecule has 1 aromatic rings. The second kappa shape index (κ2) is 2.46. The Morgan fingerprint density at radius 3 is 3.30 bits per heavy atom. The van der Waals surface area contributed by atoms with Gasteiger partial charge in [0, 0.05) is 0 Å². The van der Waals surface area contributed by atoms with Crippen LogP contribution in [-0.2, 0) is 0 Å². The van der Waals surface area contributed by atoms with E-state index >= 15 is 0 Å². The average molecular weight is 219 g/mol. The SMILES string of the molecule is Clc1ccc2c(c1)NC[Se]2. The number of halogens is 1. The second-order valence-corrected chi connectivity index (χ2v) is 4.68. The van der Waals surface area contributed by atoms with Gasteiger partial charge in [0.15, 0.2) is 0 Å². The van der Waals surface area contributed by atoms with Crippen molar-refractivity contribution in [3.63, 3.8) is 0 Å². The predicted octanol–water partition coefficient (Wildman–Crippen LogP) is 1.05. The van der Waals surface area contributed by atoms with Gasteiger partial charge >= 0.3 is 70.7 Å². The van der Waals surface area contributed by atoms with Gasteiger partial charge in [0.25, 0.3) is 0 Å². The first kappa shape index (κ1) is 6.53. The Balaban J connectivity index is 2.52. The molecule has 1 aliphatic heterocycles. The summed E-state index contributed by atoms with van der Waals surface area (Å²) in [5.41, 5.74) is 2.34. The number of nitrogens with one attached hydrogen (secondary N) is 1. The molecule has 10 heavy (non-hydrogen) atoms. The minimum atomic E-state index is 0.625. The molecule has 0 spiro atoms. The quantitative estimate of drug-likeness (QED) is 0.642. The van der Waals surface area contributed by atoms with Crippen molar-refractivity contribution >= 4 is 36.7 Å². The van der Waals surface area contributed by atoms with E-state index in [1.807, 2.05) is 12.1 Å². The first-order chi connectivity index (χ1) is 4.86. The van der Waals surface area contributed by atoms with Gasteiger partial charge in [-0.2, -0.15) is 0 Å². The van der Waals surface area contributed by atoms with Crippen molar-refractivity contribution in [2.45, 2.75) is 0 Å². The van der Waals surface area contributed by atoms with Gasteiger partial charge in [-0.25, -0.2) is 0 Å². The van der Waals surface area contributed by atoms with Crippen molar-refractivity contribution in [1.82, 2.24) is 0 Å². The van der Waals surface area contributed by atoms with Crippen LogP contribution in [-0.4, -0.2) is 20.4 Å². The molecule has 0 fully saturated rings. The van der Waals surface area contributed by atoms with Gasteiger partial charge in [-0.15, -0.1) is 0 Å². The van der Waals surface area contributed by atoms with Crippen LogP contribution < -0.4 is 9.78 Å². The number of benzene rings is 1. The normalized spacial score (nSPS) is 14.5. The number of hydrogen-bond acceptors (Lipinski definition) is 1. The van der Waals surface area contributed by atoms with E-state index in [0.717, 1.165) is 10.5 Å². The first-order valence-corrected chi connectivity index (χ1v) is 5.47. The fraction of sp³-hybridized carbons (Fsp3) is 0.143. The van der Waals surface area contributed by atoms with E-state index in [-0.39, 0.29) is 0 Å². The third-order valence-corrected chi connectivity index (χ3v) is 3.67. The van der Waals surface area contributed by atoms with Crippen LogP contribution in [0.3, 0.4) is 0 Å². The molecule has 1 aromatic carbocycles. The summed E-state index contributed by atoms with van der Waals surface area (Å²) in [7, 11) is 0. The second-order valence-electron chi connectivity index (χ2n) is 2.11. The summed E-state index contributed by atoms with van der Waals surface area (Å²) < 4.78 is 1.44. The summed E-state index contributed by atoms with van der Waals surface area (Å²) >= 11 is 6.42. The molecule has 0 radical (unpaired) electrons. The fourth-order valence-electron chi connectivity index (χ4n) is 0.958. The van der Waals surface area contributed by atoms with Crippen LogP contribution in [0.2, 0.25) is 5.02 Å². The summed E-state index contributed by atoms with van der Waals surface area (Å²) in [5, 5.41) is 4.11. The number of hydrogen-bond donors (Lipinski definition) is 1. The third-order valence-electron chi connectivity index (χ3n) is 1.43. The summed E-state index contributed by atoms with van der Waals surface area (Å²) in [5.74, 6) is 0.